The van der Waals surface area contributed by atoms with Crippen LogP contribution in [0.2, 0.25) is 0 Å². The molecule has 234 valence electrons. The first-order valence-electron chi connectivity index (χ1n) is 13.9. The zero-order valence-electron chi connectivity index (χ0n) is 24.1. The molecule has 0 aromatic heterocycles. The Labute approximate surface area is 249 Å². The smallest absolute Gasteiger partial charge is 0.406 e. The molecule has 0 aliphatic rings. The van der Waals surface area contributed by atoms with Crippen LogP contribution in [0, 0.1) is 12.8 Å². The summed E-state index contributed by atoms with van der Waals surface area (Å²) in [4.78, 5) is 52.4. The van der Waals surface area contributed by atoms with Gasteiger partial charge in [0, 0.05) is 32.0 Å². The SMILES string of the molecule is [CH2+]CCN(CCN)C(=O)CC(C)C(=O)NCC(=O)NC(CCc1ccccc1)C(=O)NCc1ccc(OC(F)(F)F)cc1. The Balaban J connectivity index is 1.95. The molecule has 2 unspecified atom stereocenters. The van der Waals surface area contributed by atoms with Gasteiger partial charge in [0.2, 0.25) is 23.6 Å². The molecule has 0 saturated carbocycles. The first kappa shape index (κ1) is 34.9. The van der Waals surface area contributed by atoms with Gasteiger partial charge in [0.25, 0.3) is 0 Å². The van der Waals surface area contributed by atoms with Crippen LogP contribution in [0.15, 0.2) is 54.6 Å². The fourth-order valence-electron chi connectivity index (χ4n) is 4.12. The zero-order valence-corrected chi connectivity index (χ0v) is 24.1. The Bertz CT molecular complexity index is 1170. The molecule has 0 aliphatic carbocycles. The van der Waals surface area contributed by atoms with Gasteiger partial charge in [-0.3, -0.25) is 19.2 Å². The number of nitrogens with two attached hydrogens (primary N) is 1. The second-order valence-corrected chi connectivity index (χ2v) is 9.90. The van der Waals surface area contributed by atoms with E-state index in [2.05, 4.69) is 27.6 Å². The summed E-state index contributed by atoms with van der Waals surface area (Å²) in [5.41, 5.74) is 7.02. The van der Waals surface area contributed by atoms with Crippen molar-refractivity contribution in [1.82, 2.24) is 20.9 Å². The van der Waals surface area contributed by atoms with E-state index in [1.807, 2.05) is 30.3 Å². The first-order valence-corrected chi connectivity index (χ1v) is 13.9. The number of nitrogens with zero attached hydrogens (tertiary/aromatic N) is 1. The molecule has 2 atom stereocenters. The van der Waals surface area contributed by atoms with Gasteiger partial charge in [0.1, 0.15) is 18.2 Å². The molecule has 0 saturated heterocycles. The van der Waals surface area contributed by atoms with Crippen molar-refractivity contribution in [2.24, 2.45) is 11.7 Å². The highest BCUT2D eigenvalue weighted by atomic mass is 19.4. The molecule has 0 heterocycles. The topological polar surface area (TPSA) is 143 Å². The van der Waals surface area contributed by atoms with E-state index < -0.39 is 42.6 Å². The first-order chi connectivity index (χ1) is 20.4. The summed E-state index contributed by atoms with van der Waals surface area (Å²) in [7, 11) is 0. The fraction of sp³-hybridized carbons (Fsp3) is 0.433. The predicted octanol–water partition coefficient (Wildman–Crippen LogP) is 2.47. The predicted molar refractivity (Wildman–Crippen MR) is 154 cm³/mol. The van der Waals surface area contributed by atoms with E-state index in [1.165, 1.54) is 12.1 Å². The lowest BCUT2D eigenvalue weighted by Crippen LogP contribution is -2.50. The lowest BCUT2D eigenvalue weighted by molar-refractivity contribution is -0.274. The summed E-state index contributed by atoms with van der Waals surface area (Å²) in [5, 5.41) is 7.83. The highest BCUT2D eigenvalue weighted by Crippen LogP contribution is 2.22. The van der Waals surface area contributed by atoms with Gasteiger partial charge >= 0.3 is 6.36 Å². The van der Waals surface area contributed by atoms with Crippen molar-refractivity contribution in [3.8, 4) is 5.75 Å². The van der Waals surface area contributed by atoms with E-state index in [0.717, 1.165) is 17.7 Å². The second kappa shape index (κ2) is 17.6. The molecule has 2 aromatic rings. The number of carbonyl (C=O) groups is 4. The lowest BCUT2D eigenvalue weighted by atomic mass is 10.0. The van der Waals surface area contributed by atoms with Gasteiger partial charge in [0.05, 0.1) is 20.0 Å². The average molecular weight is 607 g/mol. The van der Waals surface area contributed by atoms with Crippen molar-refractivity contribution in [1.29, 1.82) is 0 Å². The molecule has 0 spiro atoms. The number of ether oxygens (including phenoxy) is 1. The van der Waals surface area contributed by atoms with Crippen molar-refractivity contribution in [2.75, 3.05) is 26.2 Å². The number of benzene rings is 2. The third-order valence-corrected chi connectivity index (χ3v) is 6.37. The Hall–Kier alpha value is -4.26. The minimum Gasteiger partial charge on any atom is -0.406 e. The van der Waals surface area contributed by atoms with Crippen molar-refractivity contribution in [3.63, 3.8) is 0 Å². The largest absolute Gasteiger partial charge is 0.573 e. The Morgan fingerprint density at radius 1 is 0.953 bits per heavy atom. The van der Waals surface area contributed by atoms with Crippen LogP contribution >= 0.6 is 0 Å². The number of alkyl halides is 3. The van der Waals surface area contributed by atoms with Gasteiger partial charge in [-0.2, -0.15) is 0 Å². The van der Waals surface area contributed by atoms with Gasteiger partial charge in [0.15, 0.2) is 0 Å². The molecular formula is C30H39F3N5O5+. The molecule has 5 N–H and O–H groups in total. The highest BCUT2D eigenvalue weighted by Gasteiger charge is 2.31. The van der Waals surface area contributed by atoms with Crippen molar-refractivity contribution in [2.45, 2.75) is 51.6 Å². The maximum atomic E-state index is 13.0. The standard InChI is InChI=1S/C30H38F3N5O5/c1-3-16-38(17-15-34)27(40)18-21(2)28(41)36-20-26(39)37-25(14-11-22-7-5-4-6-8-22)29(42)35-19-23-9-12-24(13-10-23)43-30(31,32)33/h4-10,12-13,21,25H,1,3,11,14-20,34H2,2H3,(H2-,35,36,37,39,41,42)/p+1. The quantitative estimate of drug-likeness (QED) is 0.204. The molecule has 0 aliphatic heterocycles. The molecular weight excluding hydrogens is 567 g/mol. The number of aryl methyl sites for hydroxylation is 1. The summed E-state index contributed by atoms with van der Waals surface area (Å²) in [6.45, 7) is 5.98. The van der Waals surface area contributed by atoms with Crippen LogP contribution in [0.3, 0.4) is 0 Å². The monoisotopic (exact) mass is 606 g/mol. The molecule has 10 nitrogen and oxygen atoms in total. The van der Waals surface area contributed by atoms with E-state index in [4.69, 9.17) is 5.73 Å². The van der Waals surface area contributed by atoms with Crippen LogP contribution in [-0.4, -0.2) is 67.1 Å². The zero-order chi connectivity index (χ0) is 31.8. The maximum Gasteiger partial charge on any atom is 0.573 e. The molecule has 43 heavy (non-hydrogen) atoms. The van der Waals surface area contributed by atoms with Crippen LogP contribution in [0.25, 0.3) is 0 Å². The maximum absolute atomic E-state index is 13.0. The number of nitrogens with one attached hydrogen (secondary N) is 3. The number of amides is 4. The molecule has 0 radical (unpaired) electrons. The Morgan fingerprint density at radius 3 is 2.23 bits per heavy atom. The number of hydrogen-bond donors (Lipinski definition) is 4. The molecule has 4 amide bonds. The van der Waals surface area contributed by atoms with E-state index >= 15 is 0 Å². The summed E-state index contributed by atoms with van der Waals surface area (Å²) >= 11 is 0. The van der Waals surface area contributed by atoms with Gasteiger partial charge < -0.3 is 31.3 Å². The summed E-state index contributed by atoms with van der Waals surface area (Å²) in [5.74, 6) is -2.92. The molecule has 13 heteroatoms. The van der Waals surface area contributed by atoms with Gasteiger partial charge in [-0.1, -0.05) is 49.4 Å². The van der Waals surface area contributed by atoms with Gasteiger partial charge in [-0.15, -0.1) is 13.2 Å². The fourth-order valence-corrected chi connectivity index (χ4v) is 4.12. The van der Waals surface area contributed by atoms with Crippen LogP contribution in [0.4, 0.5) is 13.2 Å². The number of rotatable bonds is 17. The summed E-state index contributed by atoms with van der Waals surface area (Å²) < 4.78 is 41.0. The van der Waals surface area contributed by atoms with E-state index in [-0.39, 0.29) is 37.6 Å². The molecule has 0 fully saturated rings. The summed E-state index contributed by atoms with van der Waals surface area (Å²) in [6, 6.07) is 13.4. The second-order valence-electron chi connectivity index (χ2n) is 9.90. The number of carbonyl (C=O) groups excluding carboxylic acids is 4. The highest BCUT2D eigenvalue weighted by molar-refractivity contribution is 5.91. The molecule has 2 aromatic carbocycles. The van der Waals surface area contributed by atoms with Gasteiger partial charge in [-0.25, -0.2) is 0 Å². The Morgan fingerprint density at radius 2 is 1.63 bits per heavy atom. The molecule has 0 bridgehead atoms. The lowest BCUT2D eigenvalue weighted by Gasteiger charge is -2.22. The van der Waals surface area contributed by atoms with Crippen molar-refractivity contribution < 1.29 is 37.1 Å². The molecule has 2 rings (SSSR count). The third-order valence-electron chi connectivity index (χ3n) is 6.37. The van der Waals surface area contributed by atoms with Crippen LogP contribution < -0.4 is 26.4 Å². The third kappa shape index (κ3) is 13.5. The van der Waals surface area contributed by atoms with Crippen LogP contribution in [0.5, 0.6) is 5.75 Å². The van der Waals surface area contributed by atoms with Crippen molar-refractivity contribution in [3.05, 3.63) is 72.6 Å². The number of hydrogen-bond acceptors (Lipinski definition) is 6. The van der Waals surface area contributed by atoms with Crippen LogP contribution in [0.1, 0.15) is 37.3 Å². The number of halogens is 3. The van der Waals surface area contributed by atoms with E-state index in [9.17, 15) is 32.3 Å². The van der Waals surface area contributed by atoms with Crippen LogP contribution in [-0.2, 0) is 32.1 Å². The van der Waals surface area contributed by atoms with Crippen molar-refractivity contribution >= 4 is 23.6 Å². The Kier molecular flexibility index (Phi) is 14.3. The minimum absolute atomic E-state index is 0.000383. The normalized spacial score (nSPS) is 12.5. The minimum atomic E-state index is -4.81. The van der Waals surface area contributed by atoms with E-state index in [1.54, 1.807) is 11.8 Å². The van der Waals surface area contributed by atoms with Gasteiger partial charge in [-0.05, 0) is 36.1 Å². The van der Waals surface area contributed by atoms with E-state index in [0.29, 0.717) is 31.5 Å². The average Bonchev–Trinajstić information content (AvgIpc) is 2.97. The summed E-state index contributed by atoms with van der Waals surface area (Å²) in [6.07, 6.45) is -3.64.